The zero-order valence-electron chi connectivity index (χ0n) is 17.4. The quantitative estimate of drug-likeness (QED) is 0.333. The van der Waals surface area contributed by atoms with Gasteiger partial charge in [-0.15, -0.1) is 0 Å². The number of fused-ring (bicyclic) bond motifs is 2. The molecule has 6 rings (SSSR count). The summed E-state index contributed by atoms with van der Waals surface area (Å²) in [7, 11) is 0. The lowest BCUT2D eigenvalue weighted by Crippen LogP contribution is -1.98. The molecule has 2 aliphatic carbocycles. The van der Waals surface area contributed by atoms with E-state index < -0.39 is 0 Å². The fourth-order valence-electron chi connectivity index (χ4n) is 5.00. The van der Waals surface area contributed by atoms with Crippen LogP contribution in [0, 0.1) is 0 Å². The van der Waals surface area contributed by atoms with E-state index in [9.17, 15) is 0 Å². The molecule has 0 fully saturated rings. The molecule has 2 unspecified atom stereocenters. The fraction of sp³-hybridized carbons (Fsp3) is 0.0968. The predicted octanol–water partition coefficient (Wildman–Crippen LogP) is 7.59. The molecule has 0 spiro atoms. The average molecular weight is 397 g/mol. The highest BCUT2D eigenvalue weighted by molar-refractivity contribution is 5.66. The molecule has 2 aliphatic rings. The van der Waals surface area contributed by atoms with Crippen LogP contribution in [0.4, 0.5) is 0 Å². The topological polar surface area (TPSA) is 0 Å². The maximum atomic E-state index is 2.31. The Kier molecular flexibility index (Phi) is 4.43. The summed E-state index contributed by atoms with van der Waals surface area (Å²) >= 11 is 0. The Morgan fingerprint density at radius 3 is 1.32 bits per heavy atom. The third-order valence-electron chi connectivity index (χ3n) is 6.68. The molecule has 0 aliphatic heterocycles. The molecule has 0 saturated heterocycles. The van der Waals surface area contributed by atoms with Crippen molar-refractivity contribution in [2.24, 2.45) is 0 Å². The molecule has 0 bridgehead atoms. The molecular weight excluding hydrogens is 372 g/mol. The van der Waals surface area contributed by atoms with Crippen LogP contribution in [-0.2, 0) is 6.42 Å². The van der Waals surface area contributed by atoms with Gasteiger partial charge in [-0.25, -0.2) is 0 Å². The van der Waals surface area contributed by atoms with Gasteiger partial charge >= 0.3 is 0 Å². The van der Waals surface area contributed by atoms with Crippen molar-refractivity contribution in [3.05, 3.63) is 154 Å². The third-order valence-corrected chi connectivity index (χ3v) is 6.68. The minimum atomic E-state index is 0.381. The van der Waals surface area contributed by atoms with Crippen molar-refractivity contribution in [3.8, 4) is 0 Å². The van der Waals surface area contributed by atoms with Crippen molar-refractivity contribution in [1.82, 2.24) is 0 Å². The van der Waals surface area contributed by atoms with Crippen molar-refractivity contribution in [2.75, 3.05) is 0 Å². The van der Waals surface area contributed by atoms with Crippen molar-refractivity contribution in [3.63, 3.8) is 0 Å². The minimum Gasteiger partial charge on any atom is -0.0720 e. The van der Waals surface area contributed by atoms with Gasteiger partial charge in [0.25, 0.3) is 0 Å². The Morgan fingerprint density at radius 1 is 0.452 bits per heavy atom. The number of rotatable bonds is 4. The van der Waals surface area contributed by atoms with Crippen molar-refractivity contribution in [2.45, 2.75) is 18.3 Å². The molecule has 148 valence electrons. The van der Waals surface area contributed by atoms with Gasteiger partial charge < -0.3 is 0 Å². The predicted molar refractivity (Wildman–Crippen MR) is 130 cm³/mol. The van der Waals surface area contributed by atoms with Gasteiger partial charge in [-0.1, -0.05) is 121 Å². The van der Waals surface area contributed by atoms with E-state index in [1.54, 1.807) is 0 Å². The van der Waals surface area contributed by atoms with Crippen LogP contribution in [0.3, 0.4) is 0 Å². The molecule has 0 saturated carbocycles. The van der Waals surface area contributed by atoms with Gasteiger partial charge in [0, 0.05) is 11.8 Å². The Hall–Kier alpha value is -3.64. The van der Waals surface area contributed by atoms with Crippen LogP contribution in [0.1, 0.15) is 56.3 Å². The SMILES string of the molecule is C1=CC(c2ccc(Cc3ccc(C4C=Cc5ccccc54)cc3)cc2)c2ccccc21. The van der Waals surface area contributed by atoms with E-state index in [1.807, 2.05) is 0 Å². The third kappa shape index (κ3) is 3.35. The molecule has 0 aromatic heterocycles. The Bertz CT molecular complexity index is 1180. The summed E-state index contributed by atoms with van der Waals surface area (Å²) in [5.41, 5.74) is 11.0. The smallest absolute Gasteiger partial charge is 0.0278 e. The Morgan fingerprint density at radius 2 is 0.871 bits per heavy atom. The highest BCUT2D eigenvalue weighted by atomic mass is 14.2. The lowest BCUT2D eigenvalue weighted by atomic mass is 9.91. The number of hydrogen-bond acceptors (Lipinski definition) is 0. The van der Waals surface area contributed by atoms with Crippen LogP contribution in [0.5, 0.6) is 0 Å². The first kappa shape index (κ1) is 18.2. The molecule has 4 aromatic rings. The fourth-order valence-corrected chi connectivity index (χ4v) is 5.00. The van der Waals surface area contributed by atoms with Gasteiger partial charge in [0.05, 0.1) is 0 Å². The summed E-state index contributed by atoms with van der Waals surface area (Å²) in [5.74, 6) is 0.763. The lowest BCUT2D eigenvalue weighted by molar-refractivity contribution is 1.04. The Labute approximate surface area is 184 Å². The van der Waals surface area contributed by atoms with Crippen LogP contribution in [0.25, 0.3) is 12.2 Å². The van der Waals surface area contributed by atoms with E-state index in [0.717, 1.165) is 6.42 Å². The standard InChI is InChI=1S/C31H24/c1-3-7-28-24(5-1)17-19-30(28)26-13-9-22(10-14-26)21-23-11-15-27(16-12-23)31-20-18-25-6-2-4-8-29(25)31/h1-20,30-31H,21H2. The molecule has 0 nitrogen and oxygen atoms in total. The minimum absolute atomic E-state index is 0.381. The molecule has 0 N–H and O–H groups in total. The second kappa shape index (κ2) is 7.56. The molecule has 0 heterocycles. The maximum Gasteiger partial charge on any atom is 0.0278 e. The molecular formula is C31H24. The van der Waals surface area contributed by atoms with E-state index in [0.29, 0.717) is 11.8 Å². The van der Waals surface area contributed by atoms with E-state index in [4.69, 9.17) is 0 Å². The van der Waals surface area contributed by atoms with Gasteiger partial charge in [-0.05, 0) is 50.9 Å². The highest BCUT2D eigenvalue weighted by Crippen LogP contribution is 2.36. The van der Waals surface area contributed by atoms with Crippen LogP contribution in [0.15, 0.2) is 109 Å². The summed E-state index contributed by atoms with van der Waals surface area (Å²) in [5, 5.41) is 0. The second-order valence-corrected chi connectivity index (χ2v) is 8.59. The first-order valence-electron chi connectivity index (χ1n) is 11.1. The largest absolute Gasteiger partial charge is 0.0720 e. The monoisotopic (exact) mass is 396 g/mol. The molecule has 31 heavy (non-hydrogen) atoms. The van der Waals surface area contributed by atoms with E-state index >= 15 is 0 Å². The van der Waals surface area contributed by atoms with E-state index in [2.05, 4.69) is 121 Å². The summed E-state index contributed by atoms with van der Waals surface area (Å²) in [6.45, 7) is 0. The number of hydrogen-bond donors (Lipinski definition) is 0. The summed E-state index contributed by atoms with van der Waals surface area (Å²) in [6.07, 6.45) is 10.1. The summed E-state index contributed by atoms with van der Waals surface area (Å²) < 4.78 is 0. The first-order valence-corrected chi connectivity index (χ1v) is 11.1. The van der Waals surface area contributed by atoms with Gasteiger partial charge in [-0.2, -0.15) is 0 Å². The zero-order chi connectivity index (χ0) is 20.6. The molecule has 4 aromatic carbocycles. The summed E-state index contributed by atoms with van der Waals surface area (Å²) in [4.78, 5) is 0. The molecule has 2 atom stereocenters. The second-order valence-electron chi connectivity index (χ2n) is 8.59. The Balaban J connectivity index is 1.17. The van der Waals surface area contributed by atoms with Crippen LogP contribution in [0.2, 0.25) is 0 Å². The van der Waals surface area contributed by atoms with Gasteiger partial charge in [0.1, 0.15) is 0 Å². The van der Waals surface area contributed by atoms with E-state index in [-0.39, 0.29) is 0 Å². The van der Waals surface area contributed by atoms with Crippen LogP contribution < -0.4 is 0 Å². The number of allylic oxidation sites excluding steroid dienone is 2. The molecule has 0 heteroatoms. The lowest BCUT2D eigenvalue weighted by Gasteiger charge is -2.13. The van der Waals surface area contributed by atoms with Crippen molar-refractivity contribution < 1.29 is 0 Å². The van der Waals surface area contributed by atoms with Crippen molar-refractivity contribution >= 4 is 12.2 Å². The van der Waals surface area contributed by atoms with Crippen molar-refractivity contribution in [1.29, 1.82) is 0 Å². The van der Waals surface area contributed by atoms with Gasteiger partial charge in [-0.3, -0.25) is 0 Å². The molecule has 0 radical (unpaired) electrons. The first-order chi connectivity index (χ1) is 15.3. The maximum absolute atomic E-state index is 2.31. The average Bonchev–Trinajstić information content (AvgIpc) is 3.45. The summed E-state index contributed by atoms with van der Waals surface area (Å²) in [6, 6.07) is 35.7. The van der Waals surface area contributed by atoms with Crippen LogP contribution >= 0.6 is 0 Å². The highest BCUT2D eigenvalue weighted by Gasteiger charge is 2.19. The normalized spacial score (nSPS) is 18.2. The van der Waals surface area contributed by atoms with Gasteiger partial charge in [0.2, 0.25) is 0 Å². The van der Waals surface area contributed by atoms with Gasteiger partial charge in [0.15, 0.2) is 0 Å². The van der Waals surface area contributed by atoms with Crippen LogP contribution in [-0.4, -0.2) is 0 Å². The van der Waals surface area contributed by atoms with E-state index in [1.165, 1.54) is 44.5 Å². The molecule has 0 amide bonds. The number of benzene rings is 4. The zero-order valence-corrected chi connectivity index (χ0v) is 17.4.